The molecule has 0 aliphatic carbocycles. The highest BCUT2D eigenvalue weighted by Crippen LogP contribution is 2.24. The SMILES string of the molecule is Cc1nc2nc(N3CCCC3)nc(NCc3ccccc3)c2nc1C. The number of hydrogen-bond acceptors (Lipinski definition) is 6. The Morgan fingerprint density at radius 3 is 2.40 bits per heavy atom. The summed E-state index contributed by atoms with van der Waals surface area (Å²) in [6, 6.07) is 10.3. The van der Waals surface area contributed by atoms with Crippen molar-refractivity contribution in [2.75, 3.05) is 23.3 Å². The second-order valence-electron chi connectivity index (χ2n) is 6.47. The van der Waals surface area contributed by atoms with Crippen molar-refractivity contribution in [3.8, 4) is 0 Å². The first-order chi connectivity index (χ1) is 12.2. The zero-order valence-electron chi connectivity index (χ0n) is 14.7. The van der Waals surface area contributed by atoms with Crippen LogP contribution in [0.5, 0.6) is 0 Å². The number of aryl methyl sites for hydroxylation is 2. The van der Waals surface area contributed by atoms with Crippen LogP contribution in [0.1, 0.15) is 29.8 Å². The molecular weight excluding hydrogens is 312 g/mol. The fraction of sp³-hybridized carbons (Fsp3) is 0.368. The molecule has 1 fully saturated rings. The molecule has 4 rings (SSSR count). The standard InChI is InChI=1S/C19H22N6/c1-13-14(2)22-18-16(21-13)17(20-12-15-8-4-3-5-9-15)23-19(24-18)25-10-6-7-11-25/h3-5,8-9H,6-7,10-12H2,1-2H3,(H,20,22,23,24). The van der Waals surface area contributed by atoms with E-state index in [0.29, 0.717) is 12.2 Å². The molecular formula is C19H22N6. The van der Waals surface area contributed by atoms with Crippen molar-refractivity contribution in [3.05, 3.63) is 47.3 Å². The number of rotatable bonds is 4. The second kappa shape index (κ2) is 6.63. The van der Waals surface area contributed by atoms with Crippen molar-refractivity contribution >= 4 is 22.9 Å². The predicted molar refractivity (Wildman–Crippen MR) is 99.8 cm³/mol. The van der Waals surface area contributed by atoms with Gasteiger partial charge in [0.2, 0.25) is 5.95 Å². The average Bonchev–Trinajstić information content (AvgIpc) is 3.16. The maximum absolute atomic E-state index is 4.77. The highest BCUT2D eigenvalue weighted by Gasteiger charge is 2.19. The number of nitrogens with zero attached hydrogens (tertiary/aromatic N) is 5. The molecule has 1 aromatic carbocycles. The van der Waals surface area contributed by atoms with Crippen LogP contribution in [0.15, 0.2) is 30.3 Å². The van der Waals surface area contributed by atoms with E-state index in [9.17, 15) is 0 Å². The Bertz CT molecular complexity index is 887. The molecule has 6 heteroatoms. The molecule has 1 saturated heterocycles. The average molecular weight is 334 g/mol. The summed E-state index contributed by atoms with van der Waals surface area (Å²) < 4.78 is 0. The fourth-order valence-corrected chi connectivity index (χ4v) is 3.06. The van der Waals surface area contributed by atoms with Gasteiger partial charge in [0.15, 0.2) is 17.0 Å². The minimum Gasteiger partial charge on any atom is -0.364 e. The van der Waals surface area contributed by atoms with Crippen LogP contribution in [-0.2, 0) is 6.54 Å². The maximum Gasteiger partial charge on any atom is 0.229 e. The van der Waals surface area contributed by atoms with Crippen molar-refractivity contribution < 1.29 is 0 Å². The van der Waals surface area contributed by atoms with Gasteiger partial charge in [-0.15, -0.1) is 0 Å². The van der Waals surface area contributed by atoms with E-state index < -0.39 is 0 Å². The molecule has 1 aliphatic rings. The lowest BCUT2D eigenvalue weighted by Gasteiger charge is -2.17. The van der Waals surface area contributed by atoms with Crippen molar-refractivity contribution in [3.63, 3.8) is 0 Å². The van der Waals surface area contributed by atoms with E-state index >= 15 is 0 Å². The molecule has 0 spiro atoms. The Morgan fingerprint density at radius 1 is 0.920 bits per heavy atom. The van der Waals surface area contributed by atoms with Gasteiger partial charge in [-0.25, -0.2) is 9.97 Å². The van der Waals surface area contributed by atoms with Gasteiger partial charge in [0.25, 0.3) is 0 Å². The molecule has 0 atom stereocenters. The first kappa shape index (κ1) is 15.7. The summed E-state index contributed by atoms with van der Waals surface area (Å²) in [6.07, 6.45) is 2.37. The zero-order valence-corrected chi connectivity index (χ0v) is 14.7. The molecule has 0 amide bonds. The van der Waals surface area contributed by atoms with Crippen LogP contribution >= 0.6 is 0 Å². The number of anilines is 2. The highest BCUT2D eigenvalue weighted by molar-refractivity contribution is 5.83. The molecule has 0 unspecified atom stereocenters. The largest absolute Gasteiger partial charge is 0.364 e. The lowest BCUT2D eigenvalue weighted by Crippen LogP contribution is -2.21. The van der Waals surface area contributed by atoms with Crippen LogP contribution < -0.4 is 10.2 Å². The fourth-order valence-electron chi connectivity index (χ4n) is 3.06. The van der Waals surface area contributed by atoms with Crippen LogP contribution in [0, 0.1) is 13.8 Å². The Hall–Kier alpha value is -2.76. The van der Waals surface area contributed by atoms with E-state index in [1.165, 1.54) is 18.4 Å². The van der Waals surface area contributed by atoms with Crippen molar-refractivity contribution in [2.45, 2.75) is 33.2 Å². The van der Waals surface area contributed by atoms with Gasteiger partial charge in [-0.2, -0.15) is 9.97 Å². The minimum atomic E-state index is 0.663. The molecule has 2 aromatic heterocycles. The van der Waals surface area contributed by atoms with E-state index in [1.54, 1.807) is 0 Å². The van der Waals surface area contributed by atoms with E-state index in [4.69, 9.17) is 4.98 Å². The molecule has 6 nitrogen and oxygen atoms in total. The number of benzene rings is 1. The Labute approximate surface area is 147 Å². The summed E-state index contributed by atoms with van der Waals surface area (Å²) in [5, 5.41) is 3.43. The van der Waals surface area contributed by atoms with Crippen LogP contribution in [-0.4, -0.2) is 33.0 Å². The van der Waals surface area contributed by atoms with Gasteiger partial charge < -0.3 is 10.2 Å². The molecule has 0 bridgehead atoms. The summed E-state index contributed by atoms with van der Waals surface area (Å²) in [4.78, 5) is 21.0. The third-order valence-electron chi connectivity index (χ3n) is 4.62. The second-order valence-corrected chi connectivity index (χ2v) is 6.47. The zero-order chi connectivity index (χ0) is 17.2. The monoisotopic (exact) mass is 334 g/mol. The summed E-state index contributed by atoms with van der Waals surface area (Å²) in [6.45, 7) is 6.64. The molecule has 0 radical (unpaired) electrons. The van der Waals surface area contributed by atoms with Crippen LogP contribution in [0.25, 0.3) is 11.2 Å². The minimum absolute atomic E-state index is 0.663. The molecule has 25 heavy (non-hydrogen) atoms. The maximum atomic E-state index is 4.77. The van der Waals surface area contributed by atoms with Gasteiger partial charge in [-0.05, 0) is 32.3 Å². The van der Waals surface area contributed by atoms with Gasteiger partial charge >= 0.3 is 0 Å². The Balaban J connectivity index is 1.74. The number of nitrogens with one attached hydrogen (secondary N) is 1. The third kappa shape index (κ3) is 3.24. The smallest absolute Gasteiger partial charge is 0.229 e. The molecule has 3 heterocycles. The van der Waals surface area contributed by atoms with Crippen LogP contribution in [0.3, 0.4) is 0 Å². The number of fused-ring (bicyclic) bond motifs is 1. The van der Waals surface area contributed by atoms with E-state index in [-0.39, 0.29) is 0 Å². The van der Waals surface area contributed by atoms with Gasteiger partial charge in [0.05, 0.1) is 11.4 Å². The first-order valence-electron chi connectivity index (χ1n) is 8.76. The van der Waals surface area contributed by atoms with Crippen molar-refractivity contribution in [1.29, 1.82) is 0 Å². The topological polar surface area (TPSA) is 66.8 Å². The highest BCUT2D eigenvalue weighted by atomic mass is 15.3. The van der Waals surface area contributed by atoms with Crippen molar-refractivity contribution in [2.24, 2.45) is 0 Å². The molecule has 1 aliphatic heterocycles. The number of aromatic nitrogens is 4. The first-order valence-corrected chi connectivity index (χ1v) is 8.76. The third-order valence-corrected chi connectivity index (χ3v) is 4.62. The normalized spacial score (nSPS) is 14.2. The number of hydrogen-bond donors (Lipinski definition) is 1. The van der Waals surface area contributed by atoms with E-state index in [0.717, 1.165) is 41.8 Å². The van der Waals surface area contributed by atoms with Crippen LogP contribution in [0.2, 0.25) is 0 Å². The quantitative estimate of drug-likeness (QED) is 0.790. The molecule has 0 saturated carbocycles. The van der Waals surface area contributed by atoms with Gasteiger partial charge in [0.1, 0.15) is 0 Å². The Kier molecular flexibility index (Phi) is 4.17. The van der Waals surface area contributed by atoms with E-state index in [1.807, 2.05) is 32.0 Å². The summed E-state index contributed by atoms with van der Waals surface area (Å²) in [5.74, 6) is 1.50. The lowest BCUT2D eigenvalue weighted by molar-refractivity contribution is 0.898. The molecule has 3 aromatic rings. The van der Waals surface area contributed by atoms with Crippen LogP contribution in [0.4, 0.5) is 11.8 Å². The van der Waals surface area contributed by atoms with Gasteiger partial charge in [-0.3, -0.25) is 0 Å². The lowest BCUT2D eigenvalue weighted by atomic mass is 10.2. The summed E-state index contributed by atoms with van der Waals surface area (Å²) in [7, 11) is 0. The summed E-state index contributed by atoms with van der Waals surface area (Å²) in [5.41, 5.74) is 4.42. The molecule has 1 N–H and O–H groups in total. The van der Waals surface area contributed by atoms with E-state index in [2.05, 4.69) is 37.3 Å². The Morgan fingerprint density at radius 2 is 1.64 bits per heavy atom. The summed E-state index contributed by atoms with van der Waals surface area (Å²) >= 11 is 0. The molecule has 128 valence electrons. The van der Waals surface area contributed by atoms with Gasteiger partial charge in [-0.1, -0.05) is 30.3 Å². The predicted octanol–water partition coefficient (Wildman–Crippen LogP) is 3.25. The van der Waals surface area contributed by atoms with Crippen molar-refractivity contribution in [1.82, 2.24) is 19.9 Å². The van der Waals surface area contributed by atoms with Gasteiger partial charge in [0, 0.05) is 19.6 Å².